The molecule has 0 unspecified atom stereocenters. The third-order valence-electron chi connectivity index (χ3n) is 7.53. The van der Waals surface area contributed by atoms with Crippen LogP contribution in [0, 0.1) is 11.6 Å². The van der Waals surface area contributed by atoms with Crippen LogP contribution in [-0.2, 0) is 32.9 Å². The molecule has 3 fully saturated rings. The first-order valence-corrected chi connectivity index (χ1v) is 15.7. The highest BCUT2D eigenvalue weighted by atomic mass is 35.5. The fourth-order valence-electron chi connectivity index (χ4n) is 4.80. The summed E-state index contributed by atoms with van der Waals surface area (Å²) in [6, 6.07) is 7.19. The lowest BCUT2D eigenvalue weighted by molar-refractivity contribution is -0.192. The number of ether oxygens (including phenoxy) is 1. The molecule has 0 atom stereocenters. The van der Waals surface area contributed by atoms with E-state index in [9.17, 15) is 30.8 Å². The maximum atomic E-state index is 15.0. The van der Waals surface area contributed by atoms with Crippen molar-refractivity contribution >= 4 is 33.7 Å². The maximum Gasteiger partial charge on any atom is 0.490 e. The van der Waals surface area contributed by atoms with Crippen molar-refractivity contribution < 1.29 is 49.8 Å². The fraction of sp³-hybridized carbons (Fsp3) is 0.500. The van der Waals surface area contributed by atoms with E-state index in [1.54, 1.807) is 6.07 Å². The van der Waals surface area contributed by atoms with E-state index in [1.165, 1.54) is 28.6 Å². The molecule has 9 nitrogen and oxygen atoms in total. The number of nitrogens with one attached hydrogen (secondary N) is 1. The lowest BCUT2D eigenvalue weighted by atomic mass is 9.97. The Hall–Kier alpha value is -2.85. The minimum atomic E-state index is -5.08. The summed E-state index contributed by atoms with van der Waals surface area (Å²) in [5, 5.41) is 7.47. The smallest absolute Gasteiger partial charge is 0.475 e. The molecule has 44 heavy (non-hydrogen) atoms. The molecular formula is C28H31ClF5N3O6S. The van der Waals surface area contributed by atoms with Crippen molar-refractivity contribution in [2.75, 3.05) is 26.2 Å². The molecule has 16 heteroatoms. The molecule has 2 aliphatic heterocycles. The number of aliphatic carboxylic acids is 1. The molecular weight excluding hydrogens is 637 g/mol. The number of amides is 1. The number of nitrogens with zero attached hydrogens (tertiary/aromatic N) is 2. The van der Waals surface area contributed by atoms with Crippen LogP contribution in [0.2, 0.25) is 5.02 Å². The average molecular weight is 668 g/mol. The number of alkyl halides is 3. The topological polar surface area (TPSA) is 116 Å². The van der Waals surface area contributed by atoms with Gasteiger partial charge < -0.3 is 9.84 Å². The van der Waals surface area contributed by atoms with Gasteiger partial charge in [0.05, 0.1) is 18.3 Å². The number of benzene rings is 2. The van der Waals surface area contributed by atoms with E-state index in [4.69, 9.17) is 26.2 Å². The summed E-state index contributed by atoms with van der Waals surface area (Å²) in [4.78, 5) is 23.8. The molecule has 1 aliphatic carbocycles. The monoisotopic (exact) mass is 667 g/mol. The molecule has 1 amide bonds. The number of piperidine rings is 1. The highest BCUT2D eigenvalue weighted by Crippen LogP contribution is 2.43. The molecule has 3 aliphatic rings. The summed E-state index contributed by atoms with van der Waals surface area (Å²) in [7, 11) is -3.95. The lowest BCUT2D eigenvalue weighted by Gasteiger charge is -2.32. The average Bonchev–Trinajstić information content (AvgIpc) is 3.73. The van der Waals surface area contributed by atoms with Crippen molar-refractivity contribution in [3.05, 3.63) is 69.2 Å². The SMILES string of the molecule is O=C(NS(=O)(=O)N1CCC1)c1cc(C2CC2)c(CN2CCC(OCc3ccc(F)cc3Cl)CC2)cc1F.O=C(O)C(F)(F)F. The first-order chi connectivity index (χ1) is 20.6. The zero-order valence-corrected chi connectivity index (χ0v) is 25.0. The Bertz CT molecular complexity index is 1480. The first kappa shape index (κ1) is 34.0. The summed E-state index contributed by atoms with van der Waals surface area (Å²) in [5.74, 6) is -4.53. The van der Waals surface area contributed by atoms with Crippen LogP contribution in [0.4, 0.5) is 22.0 Å². The molecule has 5 rings (SSSR count). The van der Waals surface area contributed by atoms with Crippen molar-refractivity contribution in [3.8, 4) is 0 Å². The Kier molecular flexibility index (Phi) is 10.9. The van der Waals surface area contributed by atoms with Gasteiger partial charge >= 0.3 is 22.4 Å². The molecule has 1 saturated carbocycles. The second kappa shape index (κ2) is 14.1. The maximum absolute atomic E-state index is 15.0. The zero-order valence-electron chi connectivity index (χ0n) is 23.4. The van der Waals surface area contributed by atoms with Gasteiger partial charge in [-0.05, 0) is 79.0 Å². The summed E-state index contributed by atoms with van der Waals surface area (Å²) in [5.41, 5.74) is 2.26. The van der Waals surface area contributed by atoms with E-state index in [2.05, 4.69) is 4.90 Å². The molecule has 0 aromatic heterocycles. The van der Waals surface area contributed by atoms with Gasteiger partial charge in [0, 0.05) is 37.7 Å². The fourth-order valence-corrected chi connectivity index (χ4v) is 6.24. The molecule has 0 radical (unpaired) electrons. The van der Waals surface area contributed by atoms with Crippen LogP contribution in [0.1, 0.15) is 65.1 Å². The number of carboxylic acids is 1. The molecule has 0 spiro atoms. The predicted molar refractivity (Wildman–Crippen MR) is 149 cm³/mol. The van der Waals surface area contributed by atoms with Crippen molar-refractivity contribution in [2.24, 2.45) is 0 Å². The summed E-state index contributed by atoms with van der Waals surface area (Å²) >= 11 is 6.09. The van der Waals surface area contributed by atoms with Gasteiger partial charge in [0.25, 0.3) is 5.91 Å². The highest BCUT2D eigenvalue weighted by molar-refractivity contribution is 7.87. The predicted octanol–water partition coefficient (Wildman–Crippen LogP) is 4.99. The van der Waals surface area contributed by atoms with E-state index in [0.29, 0.717) is 31.3 Å². The van der Waals surface area contributed by atoms with Gasteiger partial charge in [-0.2, -0.15) is 25.9 Å². The minimum absolute atomic E-state index is 0.0523. The Morgan fingerprint density at radius 2 is 1.64 bits per heavy atom. The molecule has 2 aromatic carbocycles. The van der Waals surface area contributed by atoms with Gasteiger partial charge in [0.2, 0.25) is 0 Å². The first-order valence-electron chi connectivity index (χ1n) is 13.9. The normalized spacial score (nSPS) is 18.2. The Labute approximate surface area is 256 Å². The Morgan fingerprint density at radius 3 is 2.16 bits per heavy atom. The van der Waals surface area contributed by atoms with Crippen LogP contribution in [0.5, 0.6) is 0 Å². The van der Waals surface area contributed by atoms with E-state index < -0.39 is 34.1 Å². The third kappa shape index (κ3) is 9.10. The third-order valence-corrected chi connectivity index (χ3v) is 9.37. The highest BCUT2D eigenvalue weighted by Gasteiger charge is 2.38. The number of hydrogen-bond donors (Lipinski definition) is 2. The second-order valence-corrected chi connectivity index (χ2v) is 12.9. The standard InChI is InChI=1S/C26H30ClF2N3O4S.C2HF3O2/c27-24-13-20(28)5-4-18(24)16-36-21-6-10-31(11-7-21)15-19-12-25(29)23(14-22(19)17-2-3-17)26(33)30-37(34,35)32-8-1-9-32;3-2(4,5)1(6)7/h4-5,12-14,17,21H,1-3,6-11,15-16H2,(H,30,33);(H,6,7). The largest absolute Gasteiger partial charge is 0.490 e. The minimum Gasteiger partial charge on any atom is -0.475 e. The summed E-state index contributed by atoms with van der Waals surface area (Å²) in [6.07, 6.45) is -0.752. The molecule has 2 aromatic rings. The van der Waals surface area contributed by atoms with Crippen molar-refractivity contribution in [1.29, 1.82) is 0 Å². The zero-order chi connectivity index (χ0) is 32.2. The van der Waals surface area contributed by atoms with Crippen molar-refractivity contribution in [2.45, 2.75) is 63.5 Å². The number of rotatable bonds is 9. The lowest BCUT2D eigenvalue weighted by Crippen LogP contribution is -2.49. The Balaban J connectivity index is 0.000000566. The van der Waals surface area contributed by atoms with E-state index in [-0.39, 0.29) is 23.4 Å². The molecule has 2 heterocycles. The number of hydrogen-bond acceptors (Lipinski definition) is 6. The van der Waals surface area contributed by atoms with Crippen LogP contribution in [-0.4, -0.2) is 73.1 Å². The van der Waals surface area contributed by atoms with E-state index >= 15 is 4.39 Å². The second-order valence-electron chi connectivity index (χ2n) is 10.8. The van der Waals surface area contributed by atoms with Gasteiger partial charge in [-0.1, -0.05) is 17.7 Å². The van der Waals surface area contributed by atoms with Crippen LogP contribution in [0.15, 0.2) is 30.3 Å². The number of halogens is 6. The van der Waals surface area contributed by atoms with Crippen molar-refractivity contribution in [1.82, 2.24) is 13.9 Å². The van der Waals surface area contributed by atoms with Gasteiger partial charge in [-0.15, -0.1) is 0 Å². The Morgan fingerprint density at radius 1 is 1.00 bits per heavy atom. The van der Waals surface area contributed by atoms with Crippen LogP contribution >= 0.6 is 11.6 Å². The molecule has 2 saturated heterocycles. The summed E-state index contributed by atoms with van der Waals surface area (Å²) < 4.78 is 93.8. The quantitative estimate of drug-likeness (QED) is 0.362. The van der Waals surface area contributed by atoms with Crippen molar-refractivity contribution in [3.63, 3.8) is 0 Å². The van der Waals surface area contributed by atoms with Crippen LogP contribution in [0.3, 0.4) is 0 Å². The van der Waals surface area contributed by atoms with E-state index in [1.807, 2.05) is 4.72 Å². The number of carbonyl (C=O) groups is 2. The van der Waals surface area contributed by atoms with Gasteiger partial charge in [0.15, 0.2) is 0 Å². The molecule has 0 bridgehead atoms. The number of carbonyl (C=O) groups excluding carboxylic acids is 1. The number of likely N-dealkylation sites (tertiary alicyclic amines) is 1. The van der Waals surface area contributed by atoms with Crippen LogP contribution in [0.25, 0.3) is 0 Å². The molecule has 2 N–H and O–H groups in total. The van der Waals surface area contributed by atoms with Crippen LogP contribution < -0.4 is 4.72 Å². The molecule has 242 valence electrons. The summed E-state index contributed by atoms with van der Waals surface area (Å²) in [6.45, 7) is 3.12. The number of carboxylic acid groups (broad SMARTS) is 1. The van der Waals surface area contributed by atoms with Gasteiger partial charge in [-0.3, -0.25) is 9.69 Å². The van der Waals surface area contributed by atoms with Gasteiger partial charge in [-0.25, -0.2) is 18.3 Å². The van der Waals surface area contributed by atoms with Gasteiger partial charge in [0.1, 0.15) is 11.6 Å². The van der Waals surface area contributed by atoms with E-state index in [0.717, 1.165) is 61.9 Å².